The normalized spacial score (nSPS) is 3.75. The van der Waals surface area contributed by atoms with E-state index < -0.39 is 15.2 Å². The third kappa shape index (κ3) is 1.82. The maximum atomic E-state index is 9.00. The van der Waals surface area contributed by atoms with E-state index >= 15 is 0 Å². The van der Waals surface area contributed by atoms with Gasteiger partial charge in [-0.1, -0.05) is 0 Å². The molecule has 0 fully saturated rings. The van der Waals surface area contributed by atoms with Gasteiger partial charge in [-0.25, -0.2) is 0 Å². The third-order valence-electron chi connectivity index (χ3n) is 0.0373. The van der Waals surface area contributed by atoms with Crippen molar-refractivity contribution in [3.8, 4) is 4.93 Å². The zero-order valence-electron chi connectivity index (χ0n) is 1.76. The molecule has 0 amide bonds. The van der Waals surface area contributed by atoms with Gasteiger partial charge >= 0.3 is 29.2 Å². The van der Waals surface area contributed by atoms with Gasteiger partial charge in [0.2, 0.25) is 0 Å². The van der Waals surface area contributed by atoms with Crippen LogP contribution in [0.25, 0.3) is 0 Å². The van der Waals surface area contributed by atoms with Crippen LogP contribution in [0.3, 0.4) is 0 Å². The molecule has 0 saturated heterocycles. The molecule has 0 aliphatic rings. The van der Waals surface area contributed by atoms with Gasteiger partial charge in [-0.05, 0) is 0 Å². The van der Waals surface area contributed by atoms with Crippen LogP contribution < -0.4 is 0 Å². The number of hydrogen-bond donors (Lipinski definition) is 0. The van der Waals surface area contributed by atoms with Crippen LogP contribution in [0.5, 0.6) is 0 Å². The van der Waals surface area contributed by atoms with E-state index in [1.807, 2.05) is 0 Å². The predicted octanol–water partition coefficient (Wildman–Crippen LogP) is -0.105. The summed E-state index contributed by atoms with van der Waals surface area (Å²) in [6.45, 7) is 0. The summed E-state index contributed by atoms with van der Waals surface area (Å²) in [5.74, 6) is 0. The van der Waals surface area contributed by atoms with Gasteiger partial charge in [0.1, 0.15) is 0 Å². The molecule has 0 bridgehead atoms. The second-order valence-electron chi connectivity index (χ2n) is 0.175. The Hall–Kier alpha value is -0.178. The van der Waals surface area contributed by atoms with Gasteiger partial charge in [0.25, 0.3) is 0 Å². The molecule has 0 unspecified atom stereocenters. The third-order valence-corrected chi connectivity index (χ3v) is 0.154. The Morgan fingerprint density at radius 3 is 2.25 bits per heavy atom. The Morgan fingerprint density at radius 1 is 2.00 bits per heavy atom. The van der Waals surface area contributed by atoms with Gasteiger partial charge in [0, 0.05) is 0 Å². The molecule has 0 aliphatic carbocycles. The van der Waals surface area contributed by atoms with Gasteiger partial charge in [0.05, 0.1) is 0 Å². The fourth-order valence-electron chi connectivity index (χ4n) is 0. The van der Waals surface area contributed by atoms with Gasteiger partial charge in [-0.15, -0.1) is 0 Å². The number of rotatable bonds is 0. The van der Waals surface area contributed by atoms with Crippen LogP contribution in [-0.2, 0) is 19.0 Å². The van der Waals surface area contributed by atoms with E-state index in [9.17, 15) is 0 Å². The van der Waals surface area contributed by atoms with Crippen LogP contribution in [0.1, 0.15) is 0 Å². The quantitative estimate of drug-likeness (QED) is 0.420. The molecule has 0 atom stereocenters. The molecule has 0 saturated carbocycles. The predicted molar refractivity (Wildman–Crippen MR) is 6.30 cm³/mol. The minimum atomic E-state index is -1.03. The van der Waals surface area contributed by atoms with Crippen molar-refractivity contribution >= 4 is 0 Å². The van der Waals surface area contributed by atoms with Crippen molar-refractivity contribution in [1.82, 2.24) is 0 Å². The zero-order valence-corrected chi connectivity index (χ0v) is 3.04. The summed E-state index contributed by atoms with van der Waals surface area (Å²) in [4.78, 5) is 1.44. The van der Waals surface area contributed by atoms with Crippen LogP contribution in [-0.4, -0.2) is 0 Å². The first-order valence-electron chi connectivity index (χ1n) is 0.594. The molecule has 4 heavy (non-hydrogen) atoms. The van der Waals surface area contributed by atoms with Crippen molar-refractivity contribution in [2.45, 2.75) is 0 Å². The Balaban J connectivity index is 2.92. The summed E-state index contributed by atoms with van der Waals surface area (Å²) in [6.07, 6.45) is 0. The van der Waals surface area contributed by atoms with E-state index in [1.165, 1.54) is 4.93 Å². The summed E-state index contributed by atoms with van der Waals surface area (Å²) in [5.41, 5.74) is 0. The van der Waals surface area contributed by atoms with Crippen LogP contribution >= 0.6 is 0 Å². The molecular formula is CCrNO. The summed E-state index contributed by atoms with van der Waals surface area (Å²) < 4.78 is 9.00. The summed E-state index contributed by atoms with van der Waals surface area (Å²) >= 11 is -1.03. The van der Waals surface area contributed by atoms with E-state index in [1.54, 1.807) is 0 Å². The molecule has 21 valence electrons. The summed E-state index contributed by atoms with van der Waals surface area (Å²) in [5, 5.41) is 7.34. The first kappa shape index (κ1) is 3.82. The van der Waals surface area contributed by atoms with Gasteiger partial charge in [0.15, 0.2) is 0 Å². The molecule has 3 heteroatoms. The van der Waals surface area contributed by atoms with Crippen molar-refractivity contribution in [1.29, 1.82) is 5.26 Å². The number of nitrogens with zero attached hydrogens (tertiary/aromatic N) is 1. The summed E-state index contributed by atoms with van der Waals surface area (Å²) in [7, 11) is 0. The zero-order chi connectivity index (χ0) is 3.41. The Bertz CT molecular complexity index is 53.5. The molecule has 0 heterocycles. The van der Waals surface area contributed by atoms with Crippen molar-refractivity contribution in [3.05, 3.63) is 0 Å². The number of nitriles is 1. The Labute approximate surface area is 30.0 Å². The van der Waals surface area contributed by atoms with E-state index in [2.05, 4.69) is 0 Å². The van der Waals surface area contributed by atoms with Crippen LogP contribution in [0.4, 0.5) is 0 Å². The molecule has 0 aromatic carbocycles. The van der Waals surface area contributed by atoms with Crippen molar-refractivity contribution in [2.75, 3.05) is 0 Å². The van der Waals surface area contributed by atoms with Crippen molar-refractivity contribution in [2.24, 2.45) is 0 Å². The van der Waals surface area contributed by atoms with E-state index in [-0.39, 0.29) is 0 Å². The summed E-state index contributed by atoms with van der Waals surface area (Å²) in [6, 6.07) is 0. The Morgan fingerprint density at radius 2 is 2.25 bits per heavy atom. The average molecular weight is 94.0 g/mol. The topological polar surface area (TPSA) is 40.9 Å². The molecule has 0 spiro atoms. The molecule has 0 aliphatic heterocycles. The molecule has 0 aromatic rings. The minimum absolute atomic E-state index is 1.03. The monoisotopic (exact) mass is 93.9 g/mol. The van der Waals surface area contributed by atoms with Gasteiger partial charge < -0.3 is 0 Å². The molecule has 0 rings (SSSR count). The van der Waals surface area contributed by atoms with E-state index in [4.69, 9.17) is 9.07 Å². The molecule has 0 N–H and O–H groups in total. The van der Waals surface area contributed by atoms with Crippen LogP contribution in [0.2, 0.25) is 0 Å². The number of hydrogen-bond acceptors (Lipinski definition) is 2. The van der Waals surface area contributed by atoms with Crippen molar-refractivity contribution in [3.63, 3.8) is 0 Å². The van der Waals surface area contributed by atoms with Gasteiger partial charge in [-0.2, -0.15) is 0 Å². The van der Waals surface area contributed by atoms with Crippen LogP contribution in [0.15, 0.2) is 0 Å². The van der Waals surface area contributed by atoms with Crippen LogP contribution in [0, 0.1) is 10.2 Å². The first-order chi connectivity index (χ1) is 1.91. The second kappa shape index (κ2) is 2.82. The van der Waals surface area contributed by atoms with Gasteiger partial charge in [-0.3, -0.25) is 0 Å². The van der Waals surface area contributed by atoms with Crippen molar-refractivity contribution < 1.29 is 19.0 Å². The van der Waals surface area contributed by atoms with E-state index in [0.717, 1.165) is 0 Å². The molecule has 2 nitrogen and oxygen atoms in total. The molecule has 0 aromatic heterocycles. The fourth-order valence-corrected chi connectivity index (χ4v) is 0. The molecular weight excluding hydrogens is 94.0 g/mol. The standard InChI is InChI=1S/CN.Cr.O/c1-2;;. The Kier molecular flexibility index (Phi) is 2.70. The SMILES string of the molecule is N#[C][Cr]=[O]. The second-order valence-corrected chi connectivity index (χ2v) is 0.720. The first-order valence-corrected chi connectivity index (χ1v) is 1.75. The van der Waals surface area contributed by atoms with E-state index in [0.29, 0.717) is 0 Å². The fraction of sp³-hybridized carbons (Fsp3) is 0. The maximum absolute atomic E-state index is 9.00. The average Bonchev–Trinajstić information content (AvgIpc) is 1.37. The molecule has 0 radical (unpaired) electrons.